The number of hydrogen-bond acceptors (Lipinski definition) is 3. The average molecular weight is 354 g/mol. The van der Waals surface area contributed by atoms with E-state index in [2.05, 4.69) is 10.2 Å². The van der Waals surface area contributed by atoms with Crippen molar-refractivity contribution >= 4 is 35.0 Å². The fourth-order valence-electron chi connectivity index (χ4n) is 1.93. The zero-order valence-corrected chi connectivity index (χ0v) is 13.5. The topological polar surface area (TPSA) is 30.7 Å². The first-order valence-corrected chi connectivity index (χ1v) is 8.11. The normalized spacial score (nSPS) is 10.9. The van der Waals surface area contributed by atoms with Crippen LogP contribution >= 0.6 is 35.0 Å². The van der Waals surface area contributed by atoms with Gasteiger partial charge >= 0.3 is 0 Å². The molecule has 0 atom stereocenters. The lowest BCUT2D eigenvalue weighted by Crippen LogP contribution is -1.96. The van der Waals surface area contributed by atoms with E-state index in [1.165, 1.54) is 23.9 Å². The standard InChI is InChI=1S/C15H10Cl2FN3S/c16-13-5-2-6-14(17)12(13)8-22-15-20-19-9-21(15)11-4-1-3-10(18)7-11/h1-7,9H,8H2. The van der Waals surface area contributed by atoms with Crippen LogP contribution in [0.1, 0.15) is 5.56 Å². The second-order valence-corrected chi connectivity index (χ2v) is 6.21. The number of nitrogens with zero attached hydrogens (tertiary/aromatic N) is 3. The lowest BCUT2D eigenvalue weighted by atomic mass is 10.2. The predicted octanol–water partition coefficient (Wildman–Crippen LogP) is 5.01. The summed E-state index contributed by atoms with van der Waals surface area (Å²) in [7, 11) is 0. The van der Waals surface area contributed by atoms with Gasteiger partial charge in [-0.3, -0.25) is 4.57 Å². The third-order valence-electron chi connectivity index (χ3n) is 3.01. The molecule has 0 spiro atoms. The second-order valence-electron chi connectivity index (χ2n) is 4.45. The van der Waals surface area contributed by atoms with Crippen LogP contribution in [0.4, 0.5) is 4.39 Å². The van der Waals surface area contributed by atoms with Crippen molar-refractivity contribution < 1.29 is 4.39 Å². The second kappa shape index (κ2) is 6.69. The van der Waals surface area contributed by atoms with Crippen molar-refractivity contribution in [2.24, 2.45) is 0 Å². The molecule has 0 saturated heterocycles. The van der Waals surface area contributed by atoms with Crippen molar-refractivity contribution in [2.45, 2.75) is 10.9 Å². The summed E-state index contributed by atoms with van der Waals surface area (Å²) in [5.74, 6) is 0.239. The molecule has 0 aliphatic rings. The Morgan fingerprint density at radius 3 is 2.55 bits per heavy atom. The summed E-state index contributed by atoms with van der Waals surface area (Å²) in [6, 6.07) is 11.6. The van der Waals surface area contributed by atoms with E-state index in [1.807, 2.05) is 0 Å². The zero-order valence-electron chi connectivity index (χ0n) is 11.2. The van der Waals surface area contributed by atoms with Gasteiger partial charge in [0.1, 0.15) is 12.1 Å². The summed E-state index contributed by atoms with van der Waals surface area (Å²) < 4.78 is 15.1. The molecule has 3 nitrogen and oxygen atoms in total. The Balaban J connectivity index is 1.84. The molecular formula is C15H10Cl2FN3S. The predicted molar refractivity (Wildman–Crippen MR) is 87.3 cm³/mol. The number of halogens is 3. The lowest BCUT2D eigenvalue weighted by Gasteiger charge is -2.08. The molecule has 22 heavy (non-hydrogen) atoms. The van der Waals surface area contributed by atoms with Crippen molar-refractivity contribution in [1.82, 2.24) is 14.8 Å². The van der Waals surface area contributed by atoms with Crippen LogP contribution < -0.4 is 0 Å². The maximum absolute atomic E-state index is 13.4. The minimum Gasteiger partial charge on any atom is -0.277 e. The maximum Gasteiger partial charge on any atom is 0.195 e. The third kappa shape index (κ3) is 3.27. The van der Waals surface area contributed by atoms with Gasteiger partial charge < -0.3 is 0 Å². The number of hydrogen-bond donors (Lipinski definition) is 0. The van der Waals surface area contributed by atoms with Gasteiger partial charge in [-0.2, -0.15) is 0 Å². The van der Waals surface area contributed by atoms with Crippen LogP contribution in [0, 0.1) is 5.82 Å². The summed E-state index contributed by atoms with van der Waals surface area (Å²) in [6.07, 6.45) is 1.55. The SMILES string of the molecule is Fc1cccc(-n2cnnc2SCc2c(Cl)cccc2Cl)c1. The summed E-state index contributed by atoms with van der Waals surface area (Å²) in [5.41, 5.74) is 1.50. The highest BCUT2D eigenvalue weighted by molar-refractivity contribution is 7.98. The van der Waals surface area contributed by atoms with Crippen LogP contribution in [-0.4, -0.2) is 14.8 Å². The highest BCUT2D eigenvalue weighted by Crippen LogP contribution is 2.31. The number of rotatable bonds is 4. The molecule has 0 unspecified atom stereocenters. The van der Waals surface area contributed by atoms with Crippen molar-refractivity contribution in [3.8, 4) is 5.69 Å². The number of thioether (sulfide) groups is 1. The Hall–Kier alpha value is -1.56. The van der Waals surface area contributed by atoms with Crippen molar-refractivity contribution in [2.75, 3.05) is 0 Å². The summed E-state index contributed by atoms with van der Waals surface area (Å²) in [4.78, 5) is 0. The van der Waals surface area contributed by atoms with E-state index in [0.29, 0.717) is 26.6 Å². The quantitative estimate of drug-likeness (QED) is 0.618. The first-order chi connectivity index (χ1) is 10.6. The molecule has 3 rings (SSSR count). The Bertz CT molecular complexity index is 787. The maximum atomic E-state index is 13.4. The van der Waals surface area contributed by atoms with Crippen LogP contribution in [0.2, 0.25) is 10.0 Å². The summed E-state index contributed by atoms with van der Waals surface area (Å²) >= 11 is 13.7. The zero-order chi connectivity index (χ0) is 15.5. The van der Waals surface area contributed by atoms with Crippen LogP contribution in [0.25, 0.3) is 5.69 Å². The van der Waals surface area contributed by atoms with Crippen LogP contribution in [0.5, 0.6) is 0 Å². The molecule has 1 aromatic heterocycles. The van der Waals surface area contributed by atoms with E-state index < -0.39 is 0 Å². The molecule has 3 aromatic rings. The summed E-state index contributed by atoms with van der Waals surface area (Å²) in [6.45, 7) is 0. The van der Waals surface area contributed by atoms with Crippen LogP contribution in [-0.2, 0) is 5.75 Å². The molecular weight excluding hydrogens is 344 g/mol. The molecule has 1 heterocycles. The number of aromatic nitrogens is 3. The molecule has 0 N–H and O–H groups in total. The first kappa shape index (κ1) is 15.3. The lowest BCUT2D eigenvalue weighted by molar-refractivity contribution is 0.626. The smallest absolute Gasteiger partial charge is 0.195 e. The molecule has 7 heteroatoms. The van der Waals surface area contributed by atoms with E-state index in [0.717, 1.165) is 5.56 Å². The monoisotopic (exact) mass is 353 g/mol. The van der Waals surface area contributed by atoms with Crippen molar-refractivity contribution in [1.29, 1.82) is 0 Å². The highest BCUT2D eigenvalue weighted by Gasteiger charge is 2.11. The Morgan fingerprint density at radius 2 is 1.82 bits per heavy atom. The number of benzene rings is 2. The van der Waals surface area contributed by atoms with Gasteiger partial charge in [0, 0.05) is 15.8 Å². The molecule has 2 aromatic carbocycles. The largest absolute Gasteiger partial charge is 0.277 e. The van der Waals surface area contributed by atoms with Gasteiger partial charge in [0.25, 0.3) is 0 Å². The van der Waals surface area contributed by atoms with Crippen LogP contribution in [0.3, 0.4) is 0 Å². The molecule has 0 saturated carbocycles. The van der Waals surface area contributed by atoms with Crippen LogP contribution in [0.15, 0.2) is 53.9 Å². The molecule has 0 aliphatic carbocycles. The molecule has 0 fully saturated rings. The molecule has 112 valence electrons. The van der Waals surface area contributed by atoms with E-state index in [1.54, 1.807) is 41.2 Å². The van der Waals surface area contributed by atoms with E-state index in [4.69, 9.17) is 23.2 Å². The highest BCUT2D eigenvalue weighted by atomic mass is 35.5. The van der Waals surface area contributed by atoms with E-state index in [9.17, 15) is 4.39 Å². The fourth-order valence-corrected chi connectivity index (χ4v) is 3.60. The van der Waals surface area contributed by atoms with Gasteiger partial charge in [-0.15, -0.1) is 10.2 Å². The average Bonchev–Trinajstić information content (AvgIpc) is 2.95. The van der Waals surface area contributed by atoms with Gasteiger partial charge in [-0.05, 0) is 35.9 Å². The minimum absolute atomic E-state index is 0.309. The van der Waals surface area contributed by atoms with E-state index >= 15 is 0 Å². The molecule has 0 bridgehead atoms. The molecule has 0 radical (unpaired) electrons. The molecule has 0 aliphatic heterocycles. The van der Waals surface area contributed by atoms with Gasteiger partial charge in [0.15, 0.2) is 5.16 Å². The Labute approximate surface area is 141 Å². The minimum atomic E-state index is -0.309. The summed E-state index contributed by atoms with van der Waals surface area (Å²) in [5, 5.41) is 9.81. The first-order valence-electron chi connectivity index (χ1n) is 6.37. The third-order valence-corrected chi connectivity index (χ3v) is 4.69. The van der Waals surface area contributed by atoms with Gasteiger partial charge in [-0.1, -0.05) is 47.1 Å². The van der Waals surface area contributed by atoms with Crippen molar-refractivity contribution in [3.05, 3.63) is 70.2 Å². The van der Waals surface area contributed by atoms with E-state index in [-0.39, 0.29) is 5.82 Å². The Kier molecular flexibility index (Phi) is 4.66. The van der Waals surface area contributed by atoms with Gasteiger partial charge in [0.05, 0.1) is 5.69 Å². The fraction of sp³-hybridized carbons (Fsp3) is 0.0667. The van der Waals surface area contributed by atoms with Gasteiger partial charge in [-0.25, -0.2) is 4.39 Å². The Morgan fingerprint density at radius 1 is 1.09 bits per heavy atom. The van der Waals surface area contributed by atoms with Crippen molar-refractivity contribution in [3.63, 3.8) is 0 Å². The van der Waals surface area contributed by atoms with Gasteiger partial charge in [0.2, 0.25) is 0 Å². The molecule has 0 amide bonds.